The van der Waals surface area contributed by atoms with E-state index in [2.05, 4.69) is 15.0 Å². The van der Waals surface area contributed by atoms with Gasteiger partial charge in [0.2, 0.25) is 0 Å². The van der Waals surface area contributed by atoms with Gasteiger partial charge >= 0.3 is 0 Å². The van der Waals surface area contributed by atoms with Gasteiger partial charge in [0.05, 0.1) is 12.6 Å². The van der Waals surface area contributed by atoms with E-state index in [-0.39, 0.29) is 0 Å². The van der Waals surface area contributed by atoms with Crippen LogP contribution in [0.4, 0.5) is 5.82 Å². The summed E-state index contributed by atoms with van der Waals surface area (Å²) in [7, 11) is 1.55. The lowest BCUT2D eigenvalue weighted by Gasteiger charge is -2.09. The quantitative estimate of drug-likeness (QED) is 0.757. The van der Waals surface area contributed by atoms with E-state index < -0.39 is 0 Å². The van der Waals surface area contributed by atoms with Crippen molar-refractivity contribution in [1.82, 2.24) is 15.0 Å². The van der Waals surface area contributed by atoms with E-state index in [4.69, 9.17) is 10.5 Å². The van der Waals surface area contributed by atoms with Gasteiger partial charge in [0.25, 0.3) is 0 Å². The van der Waals surface area contributed by atoms with Crippen LogP contribution in [0.15, 0.2) is 42.9 Å². The number of rotatable bonds is 2. The summed E-state index contributed by atoms with van der Waals surface area (Å²) >= 11 is 0. The summed E-state index contributed by atoms with van der Waals surface area (Å²) in [5.74, 6) is 0.792. The zero-order chi connectivity index (χ0) is 13.2. The Morgan fingerprint density at radius 1 is 1.11 bits per heavy atom. The van der Waals surface area contributed by atoms with Crippen LogP contribution < -0.4 is 10.5 Å². The van der Waals surface area contributed by atoms with Crippen molar-refractivity contribution in [3.05, 3.63) is 42.9 Å². The molecule has 0 aliphatic heterocycles. The normalized spacial score (nSPS) is 10.6. The van der Waals surface area contributed by atoms with Crippen LogP contribution in [0.1, 0.15) is 0 Å². The van der Waals surface area contributed by atoms with E-state index in [1.165, 1.54) is 6.33 Å². The molecular formula is C14H12N4O. The molecule has 0 radical (unpaired) electrons. The van der Waals surface area contributed by atoms with Crippen molar-refractivity contribution < 1.29 is 4.74 Å². The highest BCUT2D eigenvalue weighted by Crippen LogP contribution is 2.31. The summed E-state index contributed by atoms with van der Waals surface area (Å²) in [5.41, 5.74) is 8.22. The lowest BCUT2D eigenvalue weighted by Crippen LogP contribution is -2.00. The first kappa shape index (κ1) is 11.4. The third kappa shape index (κ3) is 1.95. The highest BCUT2D eigenvalue weighted by Gasteiger charge is 2.12. The molecule has 0 fully saturated rings. The molecule has 0 amide bonds. The number of hydrogen-bond acceptors (Lipinski definition) is 5. The lowest BCUT2D eigenvalue weighted by atomic mass is 10.1. The highest BCUT2D eigenvalue weighted by molar-refractivity contribution is 5.84. The molecule has 2 N–H and O–H groups in total. The second-order valence-corrected chi connectivity index (χ2v) is 4.06. The average molecular weight is 252 g/mol. The first-order valence-corrected chi connectivity index (χ1v) is 5.79. The van der Waals surface area contributed by atoms with Crippen molar-refractivity contribution in [2.75, 3.05) is 12.8 Å². The molecule has 0 aliphatic rings. The van der Waals surface area contributed by atoms with Gasteiger partial charge in [-0.15, -0.1) is 0 Å². The molecule has 3 aromatic rings. The number of ether oxygens (including phenoxy) is 1. The maximum atomic E-state index is 5.79. The van der Waals surface area contributed by atoms with Crippen molar-refractivity contribution in [2.45, 2.75) is 0 Å². The first-order chi connectivity index (χ1) is 9.29. The van der Waals surface area contributed by atoms with Crippen LogP contribution >= 0.6 is 0 Å². The monoisotopic (exact) mass is 252 g/mol. The van der Waals surface area contributed by atoms with Gasteiger partial charge in [-0.3, -0.25) is 4.98 Å². The summed E-state index contributed by atoms with van der Waals surface area (Å²) in [6, 6.07) is 9.90. The summed E-state index contributed by atoms with van der Waals surface area (Å²) in [4.78, 5) is 12.6. The van der Waals surface area contributed by atoms with Crippen molar-refractivity contribution in [3.63, 3.8) is 0 Å². The van der Waals surface area contributed by atoms with E-state index in [1.807, 2.05) is 30.3 Å². The van der Waals surface area contributed by atoms with E-state index >= 15 is 0 Å². The Morgan fingerprint density at radius 3 is 2.79 bits per heavy atom. The predicted octanol–water partition coefficient (Wildman–Crippen LogP) is 2.28. The SMILES string of the molecule is COc1c(N)ncnc1-c1cnc2ccccc2c1. The Bertz CT molecular complexity index is 742. The van der Waals surface area contributed by atoms with Gasteiger partial charge in [-0.05, 0) is 12.1 Å². The Kier molecular flexibility index (Phi) is 2.72. The number of benzene rings is 1. The van der Waals surface area contributed by atoms with Crippen LogP contribution in [0.5, 0.6) is 5.75 Å². The number of nitrogens with zero attached hydrogens (tertiary/aromatic N) is 3. The summed E-state index contributed by atoms with van der Waals surface area (Å²) in [6.07, 6.45) is 3.18. The minimum atomic E-state index is 0.320. The van der Waals surface area contributed by atoms with Crippen LogP contribution in [-0.4, -0.2) is 22.1 Å². The fraction of sp³-hybridized carbons (Fsp3) is 0.0714. The van der Waals surface area contributed by atoms with Crippen molar-refractivity contribution in [3.8, 4) is 17.0 Å². The number of pyridine rings is 1. The maximum Gasteiger partial charge on any atom is 0.187 e. The van der Waals surface area contributed by atoms with Crippen LogP contribution in [0.3, 0.4) is 0 Å². The molecule has 3 rings (SSSR count). The highest BCUT2D eigenvalue weighted by atomic mass is 16.5. The fourth-order valence-electron chi connectivity index (χ4n) is 1.99. The third-order valence-corrected chi connectivity index (χ3v) is 2.90. The first-order valence-electron chi connectivity index (χ1n) is 5.79. The second-order valence-electron chi connectivity index (χ2n) is 4.06. The van der Waals surface area contributed by atoms with Crippen LogP contribution in [0, 0.1) is 0 Å². The van der Waals surface area contributed by atoms with Crippen LogP contribution in [-0.2, 0) is 0 Å². The number of methoxy groups -OCH3 is 1. The lowest BCUT2D eigenvalue weighted by molar-refractivity contribution is 0.415. The van der Waals surface area contributed by atoms with Crippen LogP contribution in [0.25, 0.3) is 22.2 Å². The number of anilines is 1. The Labute approximate surface area is 110 Å². The summed E-state index contributed by atoms with van der Waals surface area (Å²) < 4.78 is 5.26. The Hall–Kier alpha value is -2.69. The van der Waals surface area contributed by atoms with E-state index in [1.54, 1.807) is 13.3 Å². The molecule has 0 saturated heterocycles. The van der Waals surface area contributed by atoms with Gasteiger partial charge < -0.3 is 10.5 Å². The molecule has 0 unspecified atom stereocenters. The van der Waals surface area contributed by atoms with Gasteiger partial charge in [-0.1, -0.05) is 18.2 Å². The third-order valence-electron chi connectivity index (χ3n) is 2.90. The molecule has 19 heavy (non-hydrogen) atoms. The number of hydrogen-bond donors (Lipinski definition) is 1. The largest absolute Gasteiger partial charge is 0.491 e. The molecule has 5 heteroatoms. The van der Waals surface area contributed by atoms with Crippen LogP contribution in [0.2, 0.25) is 0 Å². The molecule has 1 aromatic carbocycles. The minimum absolute atomic E-state index is 0.320. The molecule has 0 saturated carbocycles. The number of para-hydroxylation sites is 1. The predicted molar refractivity (Wildman–Crippen MR) is 73.7 cm³/mol. The van der Waals surface area contributed by atoms with Gasteiger partial charge in [0, 0.05) is 17.1 Å². The minimum Gasteiger partial charge on any atom is -0.491 e. The van der Waals surface area contributed by atoms with Crippen molar-refractivity contribution >= 4 is 16.7 Å². The Morgan fingerprint density at radius 2 is 1.95 bits per heavy atom. The summed E-state index contributed by atoms with van der Waals surface area (Å²) in [6.45, 7) is 0. The second kappa shape index (κ2) is 4.53. The molecule has 5 nitrogen and oxygen atoms in total. The zero-order valence-electron chi connectivity index (χ0n) is 10.4. The van der Waals surface area contributed by atoms with Crippen molar-refractivity contribution in [1.29, 1.82) is 0 Å². The topological polar surface area (TPSA) is 73.9 Å². The Balaban J connectivity index is 2.22. The molecule has 2 aromatic heterocycles. The fourth-order valence-corrected chi connectivity index (χ4v) is 1.99. The molecule has 0 aliphatic carbocycles. The number of aromatic nitrogens is 3. The molecule has 0 atom stereocenters. The van der Waals surface area contributed by atoms with Crippen molar-refractivity contribution in [2.24, 2.45) is 0 Å². The molecule has 0 bridgehead atoms. The van der Waals surface area contributed by atoms with Gasteiger partial charge in [-0.2, -0.15) is 0 Å². The van der Waals surface area contributed by atoms with E-state index in [0.29, 0.717) is 17.3 Å². The molecule has 94 valence electrons. The van der Waals surface area contributed by atoms with Gasteiger partial charge in [0.15, 0.2) is 11.6 Å². The zero-order valence-corrected chi connectivity index (χ0v) is 10.4. The van der Waals surface area contributed by atoms with Gasteiger partial charge in [-0.25, -0.2) is 9.97 Å². The number of nitrogen functional groups attached to an aromatic ring is 1. The summed E-state index contributed by atoms with van der Waals surface area (Å²) in [5, 5.41) is 1.04. The molecule has 2 heterocycles. The molecule has 0 spiro atoms. The standard InChI is InChI=1S/C14H12N4O/c1-19-13-12(17-8-18-14(13)15)10-6-9-4-2-3-5-11(9)16-7-10/h2-8H,1H3,(H2,15,17,18). The smallest absolute Gasteiger partial charge is 0.187 e. The maximum absolute atomic E-state index is 5.79. The van der Waals surface area contributed by atoms with Gasteiger partial charge in [0.1, 0.15) is 12.0 Å². The average Bonchev–Trinajstić information content (AvgIpc) is 2.46. The number of fused-ring (bicyclic) bond motifs is 1. The van der Waals surface area contributed by atoms with E-state index in [0.717, 1.165) is 16.5 Å². The van der Waals surface area contributed by atoms with E-state index in [9.17, 15) is 0 Å². The molecular weight excluding hydrogens is 240 g/mol. The number of nitrogens with two attached hydrogens (primary N) is 1.